The third kappa shape index (κ3) is 4.51. The van der Waals surface area contributed by atoms with Crippen molar-refractivity contribution in [2.45, 2.75) is 15.5 Å². The third-order valence-corrected chi connectivity index (χ3v) is 8.56. The zero-order valence-corrected chi connectivity index (χ0v) is 17.9. The molecule has 158 valence electrons. The summed E-state index contributed by atoms with van der Waals surface area (Å²) in [5.41, 5.74) is 0.616. The molecule has 0 bridgehead atoms. The highest BCUT2D eigenvalue weighted by Gasteiger charge is 2.30. The molecule has 0 unspecified atom stereocenters. The fraction of sp³-hybridized carbons (Fsp3) is 0.294. The number of sulfone groups is 1. The summed E-state index contributed by atoms with van der Waals surface area (Å²) < 4.78 is 75.1. The molecule has 0 N–H and O–H groups in total. The molecule has 2 aromatic rings. The van der Waals surface area contributed by atoms with E-state index in [0.717, 1.165) is 12.1 Å². The van der Waals surface area contributed by atoms with Crippen molar-refractivity contribution in [3.63, 3.8) is 0 Å². The predicted octanol–water partition coefficient (Wildman–Crippen LogP) is 3.50. The Hall–Kier alpha value is -1.46. The van der Waals surface area contributed by atoms with Crippen LogP contribution in [-0.4, -0.2) is 53.1 Å². The number of hydrogen-bond donors (Lipinski definition) is 0. The van der Waals surface area contributed by atoms with Gasteiger partial charge in [0.1, 0.15) is 0 Å². The Morgan fingerprint density at radius 3 is 1.86 bits per heavy atom. The van der Waals surface area contributed by atoms with Gasteiger partial charge in [-0.25, -0.2) is 16.8 Å². The Balaban J connectivity index is 1.71. The number of benzene rings is 2. The van der Waals surface area contributed by atoms with Crippen LogP contribution in [0.15, 0.2) is 52.3 Å². The van der Waals surface area contributed by atoms with Crippen LogP contribution in [0.25, 0.3) is 0 Å². The molecule has 0 radical (unpaired) electrons. The van der Waals surface area contributed by atoms with E-state index in [2.05, 4.69) is 0 Å². The first-order valence-electron chi connectivity index (χ1n) is 8.36. The summed E-state index contributed by atoms with van der Waals surface area (Å²) in [6.45, 7) is 1.09. The molecule has 1 fully saturated rings. The van der Waals surface area contributed by atoms with Crippen molar-refractivity contribution in [3.05, 3.63) is 52.5 Å². The summed E-state index contributed by atoms with van der Waals surface area (Å²) in [7, 11) is -8.39. The molecule has 0 aliphatic carbocycles. The smallest absolute Gasteiger partial charge is 0.341 e. The zero-order chi connectivity index (χ0) is 21.4. The third-order valence-electron chi connectivity index (χ3n) is 4.53. The van der Waals surface area contributed by atoms with Crippen molar-refractivity contribution in [2.24, 2.45) is 0 Å². The lowest BCUT2D eigenvalue weighted by Gasteiger charge is -2.35. The summed E-state index contributed by atoms with van der Waals surface area (Å²) in [5.74, 6) is -3.48. The van der Waals surface area contributed by atoms with E-state index in [-0.39, 0.29) is 28.0 Å². The van der Waals surface area contributed by atoms with Gasteiger partial charge in [-0.1, -0.05) is 23.2 Å². The first-order chi connectivity index (χ1) is 13.5. The summed E-state index contributed by atoms with van der Waals surface area (Å²) in [5, 5.41) is 0.401. The van der Waals surface area contributed by atoms with E-state index in [1.807, 2.05) is 4.90 Å². The molecule has 1 saturated heterocycles. The molecule has 0 spiro atoms. The minimum atomic E-state index is -4.65. The largest absolute Gasteiger partial charge is 0.369 e. The lowest BCUT2D eigenvalue weighted by Crippen LogP contribution is -2.48. The molecule has 0 atom stereocenters. The van der Waals surface area contributed by atoms with Crippen molar-refractivity contribution < 1.29 is 25.6 Å². The van der Waals surface area contributed by atoms with Crippen LogP contribution in [0, 0.1) is 0 Å². The van der Waals surface area contributed by atoms with Gasteiger partial charge in [0.15, 0.2) is 0 Å². The average Bonchev–Trinajstić information content (AvgIpc) is 2.70. The molecule has 1 aliphatic heterocycles. The van der Waals surface area contributed by atoms with Crippen molar-refractivity contribution in [1.82, 2.24) is 4.31 Å². The average molecular weight is 485 g/mol. The van der Waals surface area contributed by atoms with Crippen LogP contribution in [-0.2, 0) is 19.9 Å². The van der Waals surface area contributed by atoms with Crippen LogP contribution >= 0.6 is 23.2 Å². The van der Waals surface area contributed by atoms with Gasteiger partial charge in [-0.15, -0.1) is 0 Å². The van der Waals surface area contributed by atoms with Gasteiger partial charge >= 0.3 is 5.76 Å². The molecule has 3 rings (SSSR count). The molecule has 0 saturated carbocycles. The minimum Gasteiger partial charge on any atom is -0.369 e. The lowest BCUT2D eigenvalue weighted by atomic mass is 10.2. The van der Waals surface area contributed by atoms with Gasteiger partial charge in [0.2, 0.25) is 19.9 Å². The number of rotatable bonds is 5. The molecule has 0 amide bonds. The molecule has 2 aromatic carbocycles. The normalized spacial score (nSPS) is 16.4. The van der Waals surface area contributed by atoms with Gasteiger partial charge in [0.25, 0.3) is 0 Å². The molecule has 12 heteroatoms. The second-order valence-corrected chi connectivity index (χ2v) is 10.9. The standard InChI is InChI=1S/C17H16Cl2F2N2O4S2/c18-15-6-5-14(11-16(15)19)29(26,27)23-9-7-22(8-10-23)12-1-3-13(4-2-12)28(24,25)17(20)21/h1-6,11,17H,7-10H2. The number of halogens is 4. The monoisotopic (exact) mass is 484 g/mol. The van der Waals surface area contributed by atoms with Gasteiger partial charge < -0.3 is 4.90 Å². The first-order valence-corrected chi connectivity index (χ1v) is 12.1. The summed E-state index contributed by atoms with van der Waals surface area (Å²) in [6.07, 6.45) is 0. The molecule has 6 nitrogen and oxygen atoms in total. The highest BCUT2D eigenvalue weighted by Crippen LogP contribution is 2.28. The second-order valence-electron chi connectivity index (χ2n) is 6.27. The molecule has 29 heavy (non-hydrogen) atoms. The van der Waals surface area contributed by atoms with E-state index in [0.29, 0.717) is 18.8 Å². The molecule has 0 aromatic heterocycles. The number of nitrogens with zero attached hydrogens (tertiary/aromatic N) is 2. The van der Waals surface area contributed by atoms with Crippen molar-refractivity contribution in [2.75, 3.05) is 31.1 Å². The van der Waals surface area contributed by atoms with Gasteiger partial charge in [0.05, 0.1) is 19.8 Å². The topological polar surface area (TPSA) is 74.8 Å². The van der Waals surface area contributed by atoms with E-state index >= 15 is 0 Å². The van der Waals surface area contributed by atoms with Crippen LogP contribution in [0.5, 0.6) is 0 Å². The number of piperazine rings is 1. The zero-order valence-electron chi connectivity index (χ0n) is 14.8. The van der Waals surface area contributed by atoms with Crippen LogP contribution in [0.3, 0.4) is 0 Å². The predicted molar refractivity (Wildman–Crippen MR) is 107 cm³/mol. The van der Waals surface area contributed by atoms with Crippen LogP contribution in [0.4, 0.5) is 14.5 Å². The maximum atomic E-state index is 12.8. The van der Waals surface area contributed by atoms with E-state index in [1.165, 1.54) is 34.6 Å². The summed E-state index contributed by atoms with van der Waals surface area (Å²) >= 11 is 11.7. The number of anilines is 1. The minimum absolute atomic E-state index is 0.0434. The Kier molecular flexibility index (Phi) is 6.40. The fourth-order valence-electron chi connectivity index (χ4n) is 2.92. The SMILES string of the molecule is O=S(=O)(c1ccc(N2CCN(S(=O)(=O)c3ccc(Cl)c(Cl)c3)CC2)cc1)C(F)F. The van der Waals surface area contributed by atoms with Crippen molar-refractivity contribution in [3.8, 4) is 0 Å². The highest BCUT2D eigenvalue weighted by atomic mass is 35.5. The summed E-state index contributed by atoms with van der Waals surface area (Å²) in [4.78, 5) is 1.43. The Labute approximate surface area is 177 Å². The lowest BCUT2D eigenvalue weighted by molar-refractivity contribution is 0.234. The maximum absolute atomic E-state index is 12.8. The van der Waals surface area contributed by atoms with Gasteiger partial charge in [0, 0.05) is 31.9 Å². The Morgan fingerprint density at radius 1 is 0.793 bits per heavy atom. The molecular weight excluding hydrogens is 469 g/mol. The van der Waals surface area contributed by atoms with Crippen LogP contribution in [0.2, 0.25) is 10.0 Å². The maximum Gasteiger partial charge on any atom is 0.341 e. The Bertz CT molecular complexity index is 1100. The second kappa shape index (κ2) is 8.35. The Morgan fingerprint density at radius 2 is 1.34 bits per heavy atom. The molecule has 1 aliphatic rings. The molecule has 1 heterocycles. The van der Waals surface area contributed by atoms with Gasteiger partial charge in [-0.05, 0) is 42.5 Å². The molecular formula is C17H16Cl2F2N2O4S2. The van der Waals surface area contributed by atoms with Gasteiger partial charge in [-0.2, -0.15) is 13.1 Å². The van der Waals surface area contributed by atoms with Crippen molar-refractivity contribution in [1.29, 1.82) is 0 Å². The van der Waals surface area contributed by atoms with Crippen molar-refractivity contribution >= 4 is 48.7 Å². The number of sulfonamides is 1. The highest BCUT2D eigenvalue weighted by molar-refractivity contribution is 7.91. The first kappa shape index (κ1) is 22.2. The van der Waals surface area contributed by atoms with E-state index in [1.54, 1.807) is 0 Å². The van der Waals surface area contributed by atoms with Crippen LogP contribution in [0.1, 0.15) is 0 Å². The van der Waals surface area contributed by atoms with E-state index < -0.39 is 30.5 Å². The van der Waals surface area contributed by atoms with E-state index in [4.69, 9.17) is 23.2 Å². The number of alkyl halides is 2. The van der Waals surface area contributed by atoms with E-state index in [9.17, 15) is 25.6 Å². The summed E-state index contributed by atoms with van der Waals surface area (Å²) in [6, 6.07) is 9.20. The van der Waals surface area contributed by atoms with Crippen LogP contribution < -0.4 is 4.90 Å². The van der Waals surface area contributed by atoms with Gasteiger partial charge in [-0.3, -0.25) is 0 Å². The number of hydrogen-bond acceptors (Lipinski definition) is 5. The fourth-order valence-corrected chi connectivity index (χ4v) is 5.46. The quantitative estimate of drug-likeness (QED) is 0.648.